The zero-order valence-corrected chi connectivity index (χ0v) is 9.29. The highest BCUT2D eigenvalue weighted by Crippen LogP contribution is 2.36. The second kappa shape index (κ2) is 4.64. The van der Waals surface area contributed by atoms with Crippen molar-refractivity contribution in [1.82, 2.24) is 0 Å². The summed E-state index contributed by atoms with van der Waals surface area (Å²) >= 11 is 0. The van der Waals surface area contributed by atoms with E-state index in [1.165, 1.54) is 18.4 Å². The molecule has 18 heavy (non-hydrogen) atoms. The summed E-state index contributed by atoms with van der Waals surface area (Å²) in [6.07, 6.45) is -2.98. The molecule has 0 amide bonds. The first-order valence-corrected chi connectivity index (χ1v) is 5.20. The van der Waals surface area contributed by atoms with Crippen LogP contribution in [0.4, 0.5) is 24.5 Å². The van der Waals surface area contributed by atoms with Crippen LogP contribution >= 0.6 is 0 Å². The molecule has 0 aliphatic heterocycles. The zero-order valence-electron chi connectivity index (χ0n) is 9.29. The molecule has 2 rings (SSSR count). The van der Waals surface area contributed by atoms with Crippen LogP contribution in [-0.4, -0.2) is 0 Å². The molecule has 0 atom stereocenters. The van der Waals surface area contributed by atoms with Gasteiger partial charge in [0.05, 0.1) is 18.4 Å². The van der Waals surface area contributed by atoms with Crippen molar-refractivity contribution in [2.45, 2.75) is 12.7 Å². The Morgan fingerprint density at radius 3 is 2.61 bits per heavy atom. The number of benzene rings is 1. The molecule has 0 spiro atoms. The van der Waals surface area contributed by atoms with Gasteiger partial charge in [-0.05, 0) is 30.3 Å². The summed E-state index contributed by atoms with van der Waals surface area (Å²) in [7, 11) is 0. The fourth-order valence-electron chi connectivity index (χ4n) is 1.55. The smallest absolute Gasteiger partial charge is 0.418 e. The van der Waals surface area contributed by atoms with Crippen LogP contribution in [0.3, 0.4) is 0 Å². The van der Waals surface area contributed by atoms with Gasteiger partial charge < -0.3 is 15.5 Å². The lowest BCUT2D eigenvalue weighted by Crippen LogP contribution is -2.11. The van der Waals surface area contributed by atoms with Crippen molar-refractivity contribution < 1.29 is 17.6 Å². The van der Waals surface area contributed by atoms with Crippen LogP contribution in [0.1, 0.15) is 11.3 Å². The van der Waals surface area contributed by atoms with Gasteiger partial charge in [-0.25, -0.2) is 0 Å². The van der Waals surface area contributed by atoms with Crippen LogP contribution in [0.25, 0.3) is 0 Å². The first-order valence-electron chi connectivity index (χ1n) is 5.20. The minimum Gasteiger partial charge on any atom is -0.467 e. The number of nitrogen functional groups attached to an aromatic ring is 1. The Labute approximate surface area is 101 Å². The lowest BCUT2D eigenvalue weighted by Gasteiger charge is -2.14. The highest BCUT2D eigenvalue weighted by molar-refractivity contribution is 5.59. The van der Waals surface area contributed by atoms with Gasteiger partial charge in [0.15, 0.2) is 0 Å². The van der Waals surface area contributed by atoms with Gasteiger partial charge in [0.1, 0.15) is 5.76 Å². The largest absolute Gasteiger partial charge is 0.467 e. The second-order valence-corrected chi connectivity index (χ2v) is 3.74. The quantitative estimate of drug-likeness (QED) is 0.826. The lowest BCUT2D eigenvalue weighted by molar-refractivity contribution is -0.136. The molecule has 0 saturated heterocycles. The van der Waals surface area contributed by atoms with E-state index in [0.717, 1.165) is 6.07 Å². The molecule has 0 bridgehead atoms. The predicted octanol–water partition coefficient (Wildman–Crippen LogP) is 3.49. The van der Waals surface area contributed by atoms with Gasteiger partial charge in [-0.15, -0.1) is 0 Å². The van der Waals surface area contributed by atoms with Gasteiger partial charge in [-0.3, -0.25) is 0 Å². The van der Waals surface area contributed by atoms with E-state index >= 15 is 0 Å². The molecule has 0 fully saturated rings. The van der Waals surface area contributed by atoms with Gasteiger partial charge in [0, 0.05) is 11.4 Å². The number of anilines is 2. The molecular weight excluding hydrogens is 245 g/mol. The van der Waals surface area contributed by atoms with E-state index in [1.807, 2.05) is 0 Å². The Morgan fingerprint density at radius 2 is 2.00 bits per heavy atom. The molecule has 1 heterocycles. The van der Waals surface area contributed by atoms with Crippen molar-refractivity contribution in [3.8, 4) is 0 Å². The van der Waals surface area contributed by atoms with E-state index in [4.69, 9.17) is 10.2 Å². The lowest BCUT2D eigenvalue weighted by atomic mass is 10.1. The van der Waals surface area contributed by atoms with Crippen LogP contribution < -0.4 is 11.1 Å². The third kappa shape index (κ3) is 2.77. The highest BCUT2D eigenvalue weighted by atomic mass is 19.4. The number of hydrogen-bond acceptors (Lipinski definition) is 3. The Kier molecular flexibility index (Phi) is 3.18. The number of halogens is 3. The van der Waals surface area contributed by atoms with Crippen molar-refractivity contribution in [2.75, 3.05) is 11.1 Å². The van der Waals surface area contributed by atoms with Gasteiger partial charge in [-0.2, -0.15) is 13.2 Å². The summed E-state index contributed by atoms with van der Waals surface area (Å²) in [5.74, 6) is 0.556. The van der Waals surface area contributed by atoms with E-state index in [2.05, 4.69) is 5.32 Å². The van der Waals surface area contributed by atoms with Gasteiger partial charge in [0.2, 0.25) is 0 Å². The number of hydrogen-bond donors (Lipinski definition) is 2. The molecule has 0 aliphatic rings. The minimum atomic E-state index is -4.44. The maximum atomic E-state index is 12.8. The average Bonchev–Trinajstić information content (AvgIpc) is 2.79. The third-order valence-electron chi connectivity index (χ3n) is 2.38. The standard InChI is InChI=1S/C12H11F3N2O/c13-12(14,15)10-6-8(16)3-4-11(10)17-7-9-2-1-5-18-9/h1-6,17H,7,16H2. The zero-order chi connectivity index (χ0) is 13.2. The number of nitrogens with one attached hydrogen (secondary N) is 1. The fraction of sp³-hybridized carbons (Fsp3) is 0.167. The van der Waals surface area contributed by atoms with Crippen LogP contribution in [0.15, 0.2) is 41.0 Å². The normalized spacial score (nSPS) is 11.5. The summed E-state index contributed by atoms with van der Waals surface area (Å²) in [5.41, 5.74) is 4.64. The maximum absolute atomic E-state index is 12.8. The second-order valence-electron chi connectivity index (χ2n) is 3.74. The molecular formula is C12H11F3N2O. The van der Waals surface area contributed by atoms with E-state index in [9.17, 15) is 13.2 Å². The van der Waals surface area contributed by atoms with E-state index in [0.29, 0.717) is 5.76 Å². The van der Waals surface area contributed by atoms with Crippen molar-refractivity contribution in [1.29, 1.82) is 0 Å². The van der Waals surface area contributed by atoms with Crippen molar-refractivity contribution in [3.63, 3.8) is 0 Å². The molecule has 1 aromatic carbocycles. The maximum Gasteiger partial charge on any atom is 0.418 e. The van der Waals surface area contributed by atoms with Crippen molar-refractivity contribution >= 4 is 11.4 Å². The first-order chi connectivity index (χ1) is 8.47. The van der Waals surface area contributed by atoms with Gasteiger partial charge >= 0.3 is 6.18 Å². The van der Waals surface area contributed by atoms with Crippen LogP contribution in [0.2, 0.25) is 0 Å². The summed E-state index contributed by atoms with van der Waals surface area (Å²) in [6.45, 7) is 0.181. The van der Waals surface area contributed by atoms with Crippen molar-refractivity contribution in [2.24, 2.45) is 0 Å². The van der Waals surface area contributed by atoms with Gasteiger partial charge in [0.25, 0.3) is 0 Å². The molecule has 0 aliphatic carbocycles. The van der Waals surface area contributed by atoms with E-state index < -0.39 is 11.7 Å². The summed E-state index contributed by atoms with van der Waals surface area (Å²) in [5, 5.41) is 2.68. The van der Waals surface area contributed by atoms with Crippen LogP contribution in [-0.2, 0) is 12.7 Å². The Morgan fingerprint density at radius 1 is 1.22 bits per heavy atom. The average molecular weight is 256 g/mol. The molecule has 0 saturated carbocycles. The van der Waals surface area contributed by atoms with Crippen LogP contribution in [0, 0.1) is 0 Å². The first kappa shape index (κ1) is 12.3. The molecule has 96 valence electrons. The topological polar surface area (TPSA) is 51.2 Å². The van der Waals surface area contributed by atoms with E-state index in [1.54, 1.807) is 12.1 Å². The summed E-state index contributed by atoms with van der Waals surface area (Å²) < 4.78 is 43.4. The molecule has 2 aromatic rings. The number of alkyl halides is 3. The van der Waals surface area contributed by atoms with Crippen molar-refractivity contribution in [3.05, 3.63) is 47.9 Å². The van der Waals surface area contributed by atoms with Crippen LogP contribution in [0.5, 0.6) is 0 Å². The Bertz CT molecular complexity index is 521. The monoisotopic (exact) mass is 256 g/mol. The van der Waals surface area contributed by atoms with Gasteiger partial charge in [-0.1, -0.05) is 0 Å². The fourth-order valence-corrected chi connectivity index (χ4v) is 1.55. The molecule has 3 N–H and O–H groups in total. The minimum absolute atomic E-state index is 0.0203. The SMILES string of the molecule is Nc1ccc(NCc2ccco2)c(C(F)(F)F)c1. The summed E-state index contributed by atoms with van der Waals surface area (Å²) in [4.78, 5) is 0. The molecule has 1 aromatic heterocycles. The molecule has 3 nitrogen and oxygen atoms in total. The third-order valence-corrected chi connectivity index (χ3v) is 2.38. The number of furan rings is 1. The number of rotatable bonds is 3. The Balaban J connectivity index is 2.22. The molecule has 0 radical (unpaired) electrons. The molecule has 0 unspecified atom stereocenters. The molecule has 6 heteroatoms. The Hall–Kier alpha value is -2.11. The highest BCUT2D eigenvalue weighted by Gasteiger charge is 2.33. The predicted molar refractivity (Wildman–Crippen MR) is 61.9 cm³/mol. The number of nitrogens with two attached hydrogens (primary N) is 1. The summed E-state index contributed by atoms with van der Waals surface area (Å²) in [6, 6.07) is 6.98. The van der Waals surface area contributed by atoms with E-state index in [-0.39, 0.29) is 17.9 Å².